The van der Waals surface area contributed by atoms with Crippen molar-refractivity contribution in [2.24, 2.45) is 0 Å². The van der Waals surface area contributed by atoms with Crippen molar-refractivity contribution in [1.29, 1.82) is 0 Å². The van der Waals surface area contributed by atoms with Gasteiger partial charge in [0.25, 0.3) is 0 Å². The molecule has 2 heterocycles. The molecule has 0 fully saturated rings. The fourth-order valence-corrected chi connectivity index (χ4v) is 8.96. The fourth-order valence-electron chi connectivity index (χ4n) is 7.76. The topological polar surface area (TPSA) is 30.7 Å². The lowest BCUT2D eigenvalue weighted by Gasteiger charge is -2.22. The average Bonchev–Trinajstić information content (AvgIpc) is 3.60. The summed E-state index contributed by atoms with van der Waals surface area (Å²) < 4.78 is 2.24. The Hall–Kier alpha value is -6.75. The predicted molar refractivity (Wildman–Crippen MR) is 231 cm³/mol. The van der Waals surface area contributed by atoms with Gasteiger partial charge < -0.3 is 0 Å². The third kappa shape index (κ3) is 6.17. The molecule has 0 aliphatic carbocycles. The second-order valence-electron chi connectivity index (χ2n) is 13.7. The lowest BCUT2D eigenvalue weighted by atomic mass is 9.94. The second-order valence-corrected chi connectivity index (χ2v) is 14.9. The Balaban J connectivity index is 1.15. The van der Waals surface area contributed by atoms with Crippen LogP contribution < -0.4 is 0 Å². The van der Waals surface area contributed by atoms with Crippen molar-refractivity contribution in [2.45, 2.75) is 10.1 Å². The van der Waals surface area contributed by atoms with E-state index in [9.17, 15) is 0 Å². The van der Waals surface area contributed by atoms with Crippen molar-refractivity contribution in [3.8, 4) is 39.5 Å². The first-order valence-corrected chi connectivity index (χ1v) is 19.5. The number of nitrogens with zero attached hydrogens (tertiary/aromatic N) is 3. The van der Waals surface area contributed by atoms with Crippen LogP contribution in [0.4, 0.5) is 0 Å². The summed E-state index contributed by atoms with van der Waals surface area (Å²) in [7, 11) is 0. The van der Waals surface area contributed by atoms with Gasteiger partial charge >= 0.3 is 0 Å². The van der Waals surface area contributed by atoms with Crippen LogP contribution in [0.2, 0.25) is 0 Å². The summed E-state index contributed by atoms with van der Waals surface area (Å²) in [6, 6.07) is 73.4. The van der Waals surface area contributed by atoms with Gasteiger partial charge in [-0.1, -0.05) is 170 Å². The highest BCUT2D eigenvalue weighted by Gasteiger charge is 2.23. The van der Waals surface area contributed by atoms with E-state index in [0.29, 0.717) is 5.95 Å². The van der Waals surface area contributed by atoms with E-state index in [4.69, 9.17) is 9.97 Å². The smallest absolute Gasteiger partial charge is 0.235 e. The predicted octanol–water partition coefficient (Wildman–Crippen LogP) is 13.6. The van der Waals surface area contributed by atoms with Crippen LogP contribution in [0.5, 0.6) is 0 Å². The molecule has 0 aliphatic rings. The third-order valence-corrected chi connectivity index (χ3v) is 11.7. The molecule has 0 aliphatic heterocycles. The van der Waals surface area contributed by atoms with Gasteiger partial charge in [0, 0.05) is 26.6 Å². The van der Waals surface area contributed by atoms with Gasteiger partial charge in [0.1, 0.15) is 0 Å². The largest absolute Gasteiger partial charge is 0.278 e. The molecule has 0 radical (unpaired) electrons. The minimum atomic E-state index is 0.0488. The molecule has 0 amide bonds. The highest BCUT2D eigenvalue weighted by atomic mass is 32.2. The van der Waals surface area contributed by atoms with Gasteiger partial charge in [-0.25, -0.2) is 9.97 Å². The third-order valence-electron chi connectivity index (χ3n) is 10.4. The minimum absolute atomic E-state index is 0.0488. The molecule has 4 heteroatoms. The lowest BCUT2D eigenvalue weighted by molar-refractivity contribution is 1.01. The van der Waals surface area contributed by atoms with Crippen molar-refractivity contribution in [1.82, 2.24) is 14.5 Å². The van der Waals surface area contributed by atoms with Crippen LogP contribution in [0, 0.1) is 0 Å². The SMILES string of the molecule is c1ccc(SC(c2ccc3c(c2)c2ccccc2n3-c2nc(-c3ccc(-c4ccccc4)cc3)c3ccccc3n2)c2ccccc2-c2ccccc2)cc1. The fraction of sp³-hybridized carbons (Fsp3) is 0.0196. The molecular weight excluding hydrogens is 687 g/mol. The van der Waals surface area contributed by atoms with Crippen LogP contribution in [-0.4, -0.2) is 14.5 Å². The molecule has 260 valence electrons. The molecule has 1 unspecified atom stereocenters. The monoisotopic (exact) mass is 721 g/mol. The van der Waals surface area contributed by atoms with Crippen LogP contribution in [-0.2, 0) is 0 Å². The van der Waals surface area contributed by atoms with Crippen LogP contribution >= 0.6 is 11.8 Å². The summed E-state index contributed by atoms with van der Waals surface area (Å²) in [6.07, 6.45) is 0. The Bertz CT molecular complexity index is 2940. The van der Waals surface area contributed by atoms with E-state index in [0.717, 1.165) is 33.2 Å². The van der Waals surface area contributed by atoms with Crippen LogP contribution in [0.25, 0.3) is 72.2 Å². The Morgan fingerprint density at radius 3 is 1.78 bits per heavy atom. The standard InChI is InChI=1S/C51H35N3S/c1-4-16-35(17-5-1)36-28-30-38(31-29-36)49-44-25-12-14-26-46(44)52-51(53-49)54-47-27-15-13-23-42(47)45-34-39(32-33-48(45)54)50(55-40-20-8-3-9-21-40)43-24-11-10-22-41(43)37-18-6-2-7-19-37/h1-34,50H. The van der Waals surface area contributed by atoms with E-state index in [2.05, 4.69) is 211 Å². The van der Waals surface area contributed by atoms with Crippen molar-refractivity contribution in [3.63, 3.8) is 0 Å². The van der Waals surface area contributed by atoms with Crippen molar-refractivity contribution >= 4 is 44.5 Å². The van der Waals surface area contributed by atoms with Crippen LogP contribution in [0.1, 0.15) is 16.4 Å². The molecule has 55 heavy (non-hydrogen) atoms. The number of rotatable bonds is 8. The molecule has 2 aromatic heterocycles. The molecule has 0 bridgehead atoms. The van der Waals surface area contributed by atoms with Crippen LogP contribution in [0.15, 0.2) is 211 Å². The zero-order chi connectivity index (χ0) is 36.6. The van der Waals surface area contributed by atoms with E-state index in [1.165, 1.54) is 49.0 Å². The second kappa shape index (κ2) is 14.2. The first kappa shape index (κ1) is 32.9. The normalized spacial score (nSPS) is 12.0. The summed E-state index contributed by atoms with van der Waals surface area (Å²) in [5.74, 6) is 0.657. The molecule has 0 saturated heterocycles. The first-order valence-electron chi connectivity index (χ1n) is 18.6. The zero-order valence-corrected chi connectivity index (χ0v) is 30.8. The number of hydrogen-bond donors (Lipinski definition) is 0. The Kier molecular flexibility index (Phi) is 8.51. The van der Waals surface area contributed by atoms with E-state index in [1.807, 2.05) is 11.8 Å². The summed E-state index contributed by atoms with van der Waals surface area (Å²) >= 11 is 1.89. The van der Waals surface area contributed by atoms with Gasteiger partial charge in [0.15, 0.2) is 0 Å². The Labute approximate surface area is 324 Å². The van der Waals surface area contributed by atoms with Gasteiger partial charge in [-0.2, -0.15) is 0 Å². The maximum atomic E-state index is 5.37. The first-order chi connectivity index (χ1) is 27.3. The lowest BCUT2D eigenvalue weighted by Crippen LogP contribution is -2.04. The van der Waals surface area contributed by atoms with Gasteiger partial charge in [0.2, 0.25) is 5.95 Å². The molecule has 10 aromatic rings. The van der Waals surface area contributed by atoms with Gasteiger partial charge in [-0.3, -0.25) is 4.57 Å². The van der Waals surface area contributed by atoms with Gasteiger partial charge in [-0.05, 0) is 69.8 Å². The minimum Gasteiger partial charge on any atom is -0.278 e. The van der Waals surface area contributed by atoms with Gasteiger partial charge in [0.05, 0.1) is 27.5 Å². The molecule has 0 spiro atoms. The molecule has 8 aromatic carbocycles. The number of benzene rings is 8. The molecule has 10 rings (SSSR count). The molecule has 1 atom stereocenters. The highest BCUT2D eigenvalue weighted by molar-refractivity contribution is 7.99. The quantitative estimate of drug-likeness (QED) is 0.146. The number of aromatic nitrogens is 3. The van der Waals surface area contributed by atoms with Gasteiger partial charge in [-0.15, -0.1) is 11.8 Å². The van der Waals surface area contributed by atoms with E-state index in [-0.39, 0.29) is 5.25 Å². The van der Waals surface area contributed by atoms with Crippen molar-refractivity contribution < 1.29 is 0 Å². The highest BCUT2D eigenvalue weighted by Crippen LogP contribution is 2.46. The zero-order valence-electron chi connectivity index (χ0n) is 30.0. The molecular formula is C51H35N3S. The summed E-state index contributed by atoms with van der Waals surface area (Å²) in [5.41, 5.74) is 12.4. The van der Waals surface area contributed by atoms with Crippen molar-refractivity contribution in [3.05, 3.63) is 217 Å². The molecule has 0 N–H and O–H groups in total. The average molecular weight is 722 g/mol. The number of thioether (sulfide) groups is 1. The number of para-hydroxylation sites is 2. The molecule has 0 saturated carbocycles. The Morgan fingerprint density at radius 2 is 1.00 bits per heavy atom. The van der Waals surface area contributed by atoms with E-state index < -0.39 is 0 Å². The number of hydrogen-bond acceptors (Lipinski definition) is 3. The summed E-state index contributed by atoms with van der Waals surface area (Å²) in [5, 5.41) is 3.42. The van der Waals surface area contributed by atoms with Crippen LogP contribution in [0.3, 0.4) is 0 Å². The van der Waals surface area contributed by atoms with E-state index >= 15 is 0 Å². The summed E-state index contributed by atoms with van der Waals surface area (Å²) in [4.78, 5) is 11.8. The van der Waals surface area contributed by atoms with E-state index in [1.54, 1.807) is 0 Å². The molecule has 3 nitrogen and oxygen atoms in total. The summed E-state index contributed by atoms with van der Waals surface area (Å²) in [6.45, 7) is 0. The van der Waals surface area contributed by atoms with Crippen molar-refractivity contribution in [2.75, 3.05) is 0 Å². The Morgan fingerprint density at radius 1 is 0.418 bits per heavy atom. The maximum absolute atomic E-state index is 5.37. The number of fused-ring (bicyclic) bond motifs is 4. The maximum Gasteiger partial charge on any atom is 0.235 e.